The van der Waals surface area contributed by atoms with Gasteiger partial charge in [0.05, 0.1) is 15.6 Å². The third-order valence-corrected chi connectivity index (χ3v) is 5.64. The third-order valence-electron chi connectivity index (χ3n) is 5.05. The van der Waals surface area contributed by atoms with Crippen molar-refractivity contribution in [2.45, 2.75) is 18.7 Å². The van der Waals surface area contributed by atoms with Gasteiger partial charge in [-0.1, -0.05) is 28.4 Å². The van der Waals surface area contributed by atoms with Gasteiger partial charge in [-0.05, 0) is 25.1 Å². The first kappa shape index (κ1) is 21.9. The van der Waals surface area contributed by atoms with Gasteiger partial charge in [-0.2, -0.15) is 18.2 Å². The Morgan fingerprint density at radius 3 is 2.67 bits per heavy atom. The number of rotatable bonds is 4. The zero-order chi connectivity index (χ0) is 23.3. The topological polar surface area (TPSA) is 77.5 Å². The van der Waals surface area contributed by atoms with Crippen molar-refractivity contribution in [2.24, 2.45) is 0 Å². The number of nitrogens with one attached hydrogen (secondary N) is 1. The van der Waals surface area contributed by atoms with Gasteiger partial charge in [0.2, 0.25) is 5.82 Å². The van der Waals surface area contributed by atoms with Gasteiger partial charge < -0.3 is 19.0 Å². The summed E-state index contributed by atoms with van der Waals surface area (Å²) in [6.07, 6.45) is -1.87. The van der Waals surface area contributed by atoms with E-state index in [9.17, 15) is 17.6 Å². The fourth-order valence-corrected chi connectivity index (χ4v) is 3.95. The van der Waals surface area contributed by atoms with E-state index >= 15 is 0 Å². The smallest absolute Gasteiger partial charge is 0.417 e. The van der Waals surface area contributed by atoms with Crippen LogP contribution in [0.1, 0.15) is 12.0 Å². The summed E-state index contributed by atoms with van der Waals surface area (Å²) in [5.41, 5.74) is -0.623. The molecule has 33 heavy (non-hydrogen) atoms. The van der Waals surface area contributed by atoms with E-state index in [4.69, 9.17) is 32.5 Å². The predicted molar refractivity (Wildman–Crippen MR) is 111 cm³/mol. The van der Waals surface area contributed by atoms with Gasteiger partial charge in [0, 0.05) is 30.6 Å². The molecule has 4 aromatic rings. The Hall–Kier alpha value is -2.89. The normalized spacial score (nSPS) is 16.6. The number of nitrogens with zero attached hydrogens (tertiary/aromatic N) is 4. The maximum atomic E-state index is 14.6. The Morgan fingerprint density at radius 1 is 1.12 bits per heavy atom. The third kappa shape index (κ3) is 4.23. The largest absolute Gasteiger partial charge is 0.486 e. The maximum absolute atomic E-state index is 14.6. The van der Waals surface area contributed by atoms with Gasteiger partial charge in [-0.15, -0.1) is 0 Å². The maximum Gasteiger partial charge on any atom is 0.417 e. The monoisotopic (exact) mass is 501 g/mol. The second-order valence-electron chi connectivity index (χ2n) is 7.35. The number of fused-ring (bicyclic) bond motifs is 1. The van der Waals surface area contributed by atoms with Gasteiger partial charge >= 0.3 is 6.18 Å². The van der Waals surface area contributed by atoms with Crippen LogP contribution in [0.4, 0.5) is 17.6 Å². The highest BCUT2D eigenvalue weighted by atomic mass is 35.5. The molecule has 0 aliphatic carbocycles. The average molecular weight is 502 g/mol. The van der Waals surface area contributed by atoms with Gasteiger partial charge in [0.25, 0.3) is 5.89 Å². The zero-order valence-electron chi connectivity index (χ0n) is 16.5. The van der Waals surface area contributed by atoms with Crippen molar-refractivity contribution in [1.82, 2.24) is 24.8 Å². The van der Waals surface area contributed by atoms with Crippen LogP contribution in [-0.2, 0) is 6.18 Å². The molecule has 4 heterocycles. The van der Waals surface area contributed by atoms with E-state index in [1.54, 1.807) is 0 Å². The standard InChI is InChI=1S/C20H13Cl2F4N5O2/c21-12-5-16(32-10-1-2-27-6-10)14(23)4-11(12)17-29-19(33-30-17)15-8-31-7-9(20(24,25)26)3-13(22)18(31)28-15/h3-5,7-8,10,27H,1-2,6H2. The number of imidazole rings is 1. The van der Waals surface area contributed by atoms with E-state index in [-0.39, 0.29) is 50.5 Å². The van der Waals surface area contributed by atoms with Crippen LogP contribution in [0.25, 0.3) is 28.6 Å². The number of alkyl halides is 3. The molecule has 1 aliphatic rings. The molecule has 0 amide bonds. The van der Waals surface area contributed by atoms with Crippen molar-refractivity contribution >= 4 is 28.8 Å². The van der Waals surface area contributed by atoms with E-state index in [1.165, 1.54) is 12.3 Å². The summed E-state index contributed by atoms with van der Waals surface area (Å²) in [5.74, 6) is -0.766. The van der Waals surface area contributed by atoms with Gasteiger partial charge in [-0.3, -0.25) is 0 Å². The van der Waals surface area contributed by atoms with Crippen molar-refractivity contribution in [2.75, 3.05) is 13.1 Å². The summed E-state index contributed by atoms with van der Waals surface area (Å²) < 4.78 is 65.7. The molecule has 1 aliphatic heterocycles. The summed E-state index contributed by atoms with van der Waals surface area (Å²) in [5, 5.41) is 6.85. The molecule has 172 valence electrons. The first-order valence-corrected chi connectivity index (χ1v) is 10.4. The molecule has 0 saturated carbocycles. The quantitative estimate of drug-likeness (QED) is 0.384. The van der Waals surface area contributed by atoms with Crippen molar-refractivity contribution in [3.63, 3.8) is 0 Å². The molecular weight excluding hydrogens is 489 g/mol. The van der Waals surface area contributed by atoms with Gasteiger partial charge in [0.1, 0.15) is 11.8 Å². The number of hydrogen-bond acceptors (Lipinski definition) is 6. The summed E-state index contributed by atoms with van der Waals surface area (Å²) in [6, 6.07) is 3.25. The number of ether oxygens (including phenoxy) is 1. The SMILES string of the molecule is Fc1cc(-c2noc(-c3cn4cc(C(F)(F)F)cc(Cl)c4n3)n2)c(Cl)cc1OC1CCNC1. The highest BCUT2D eigenvalue weighted by Gasteiger charge is 2.32. The van der Waals surface area contributed by atoms with Crippen LogP contribution in [0.15, 0.2) is 35.1 Å². The Labute approximate surface area is 193 Å². The number of benzene rings is 1. The summed E-state index contributed by atoms with van der Waals surface area (Å²) in [6.45, 7) is 1.40. The second-order valence-corrected chi connectivity index (χ2v) is 8.16. The number of hydrogen-bond donors (Lipinski definition) is 1. The molecular formula is C20H13Cl2F4N5O2. The predicted octanol–water partition coefficient (Wildman–Crippen LogP) is 5.26. The minimum atomic E-state index is -4.58. The van der Waals surface area contributed by atoms with Gasteiger partial charge in [-0.25, -0.2) is 9.37 Å². The molecule has 7 nitrogen and oxygen atoms in total. The Morgan fingerprint density at radius 2 is 1.94 bits per heavy atom. The van der Waals surface area contributed by atoms with E-state index in [0.717, 1.165) is 35.7 Å². The average Bonchev–Trinajstić information content (AvgIpc) is 3.49. The lowest BCUT2D eigenvalue weighted by Gasteiger charge is -2.14. The Bertz CT molecular complexity index is 1350. The molecule has 0 radical (unpaired) electrons. The molecule has 1 N–H and O–H groups in total. The molecule has 1 aromatic carbocycles. The lowest BCUT2D eigenvalue weighted by molar-refractivity contribution is -0.137. The highest BCUT2D eigenvalue weighted by molar-refractivity contribution is 6.33. The first-order valence-electron chi connectivity index (χ1n) is 9.65. The van der Waals surface area contributed by atoms with Crippen molar-refractivity contribution in [3.05, 3.63) is 52.0 Å². The fraction of sp³-hybridized carbons (Fsp3) is 0.250. The van der Waals surface area contributed by atoms with Crippen LogP contribution in [0, 0.1) is 5.82 Å². The van der Waals surface area contributed by atoms with E-state index < -0.39 is 17.6 Å². The van der Waals surface area contributed by atoms with Crippen LogP contribution in [0.2, 0.25) is 10.0 Å². The number of pyridine rings is 1. The van der Waals surface area contributed by atoms with Crippen molar-refractivity contribution < 1.29 is 26.8 Å². The van der Waals surface area contributed by atoms with Crippen LogP contribution >= 0.6 is 23.2 Å². The lowest BCUT2D eigenvalue weighted by Crippen LogP contribution is -2.20. The molecule has 13 heteroatoms. The number of halogens is 6. The van der Waals surface area contributed by atoms with Crippen LogP contribution in [-0.4, -0.2) is 38.7 Å². The molecule has 1 unspecified atom stereocenters. The molecule has 3 aromatic heterocycles. The van der Waals surface area contributed by atoms with Crippen LogP contribution in [0.3, 0.4) is 0 Å². The molecule has 1 fully saturated rings. The summed E-state index contributed by atoms with van der Waals surface area (Å²) in [7, 11) is 0. The Balaban J connectivity index is 1.46. The molecule has 5 rings (SSSR count). The van der Waals surface area contributed by atoms with E-state index in [0.29, 0.717) is 6.54 Å². The second kappa shape index (κ2) is 8.15. The van der Waals surface area contributed by atoms with Crippen molar-refractivity contribution in [1.29, 1.82) is 0 Å². The fourth-order valence-electron chi connectivity index (χ4n) is 3.45. The highest BCUT2D eigenvalue weighted by Crippen LogP contribution is 2.35. The van der Waals surface area contributed by atoms with Crippen LogP contribution < -0.4 is 10.1 Å². The van der Waals surface area contributed by atoms with E-state index in [1.807, 2.05) is 0 Å². The summed E-state index contributed by atoms with van der Waals surface area (Å²) in [4.78, 5) is 8.32. The van der Waals surface area contributed by atoms with E-state index in [2.05, 4.69) is 20.4 Å². The molecule has 1 atom stereocenters. The van der Waals surface area contributed by atoms with Crippen molar-refractivity contribution in [3.8, 4) is 28.7 Å². The molecule has 0 spiro atoms. The molecule has 0 bridgehead atoms. The van der Waals surface area contributed by atoms with Gasteiger partial charge in [0.15, 0.2) is 17.2 Å². The lowest BCUT2D eigenvalue weighted by atomic mass is 10.2. The first-order chi connectivity index (χ1) is 15.7. The van der Waals surface area contributed by atoms with Crippen LogP contribution in [0.5, 0.6) is 5.75 Å². The molecule has 1 saturated heterocycles. The number of aromatic nitrogens is 4. The Kier molecular flexibility index (Phi) is 5.42. The minimum absolute atomic E-state index is 0.0108. The summed E-state index contributed by atoms with van der Waals surface area (Å²) >= 11 is 12.3. The minimum Gasteiger partial charge on any atom is -0.486 e. The zero-order valence-corrected chi connectivity index (χ0v) is 18.0.